The number of aromatic nitrogens is 3. The van der Waals surface area contributed by atoms with E-state index >= 15 is 0 Å². The van der Waals surface area contributed by atoms with Gasteiger partial charge >= 0.3 is 0 Å². The highest BCUT2D eigenvalue weighted by molar-refractivity contribution is 5.80. The normalized spacial score (nSPS) is 10.6. The Morgan fingerprint density at radius 3 is 2.88 bits per heavy atom. The molecular formula is C13H11N3O. The molecule has 0 bridgehead atoms. The van der Waals surface area contributed by atoms with E-state index in [1.165, 1.54) is 0 Å². The summed E-state index contributed by atoms with van der Waals surface area (Å²) in [6.45, 7) is 0.386. The minimum Gasteiger partial charge on any atom is -0.486 e. The summed E-state index contributed by atoms with van der Waals surface area (Å²) in [6.07, 6.45) is 5.33. The molecule has 17 heavy (non-hydrogen) atoms. The van der Waals surface area contributed by atoms with Crippen molar-refractivity contribution in [3.63, 3.8) is 0 Å². The van der Waals surface area contributed by atoms with Crippen molar-refractivity contribution in [2.45, 2.75) is 6.61 Å². The molecule has 1 aromatic carbocycles. The summed E-state index contributed by atoms with van der Waals surface area (Å²) in [6, 6.07) is 9.73. The first kappa shape index (κ1) is 9.84. The maximum absolute atomic E-state index is 5.63. The van der Waals surface area contributed by atoms with Gasteiger partial charge in [0.05, 0.1) is 0 Å². The molecule has 4 nitrogen and oxygen atoms in total. The number of H-pyrrole nitrogens is 1. The lowest BCUT2D eigenvalue weighted by Crippen LogP contribution is -2.00. The monoisotopic (exact) mass is 225 g/mol. The van der Waals surface area contributed by atoms with E-state index in [0.29, 0.717) is 12.4 Å². The van der Waals surface area contributed by atoms with Gasteiger partial charge in [0.2, 0.25) is 0 Å². The standard InChI is InChI=1S/C13H11N3O/c1-5-15-13(16-6-1)9-17-11-2-3-12-10(8-11)4-7-14-12/h1-8,14H,9H2. The number of fused-ring (bicyclic) bond motifs is 1. The molecular weight excluding hydrogens is 214 g/mol. The van der Waals surface area contributed by atoms with Crippen LogP contribution in [0, 0.1) is 0 Å². The lowest BCUT2D eigenvalue weighted by molar-refractivity contribution is 0.296. The van der Waals surface area contributed by atoms with Crippen LogP contribution in [-0.2, 0) is 6.61 Å². The van der Waals surface area contributed by atoms with Crippen molar-refractivity contribution in [3.05, 3.63) is 54.7 Å². The Labute approximate surface area is 98.3 Å². The van der Waals surface area contributed by atoms with Crippen LogP contribution in [0.5, 0.6) is 5.75 Å². The molecule has 1 N–H and O–H groups in total. The fourth-order valence-electron chi connectivity index (χ4n) is 1.67. The van der Waals surface area contributed by atoms with Gasteiger partial charge in [-0.05, 0) is 30.3 Å². The van der Waals surface area contributed by atoms with E-state index in [1.807, 2.05) is 30.5 Å². The van der Waals surface area contributed by atoms with Gasteiger partial charge in [-0.15, -0.1) is 0 Å². The molecule has 0 aliphatic heterocycles. The van der Waals surface area contributed by atoms with Gasteiger partial charge in [0.25, 0.3) is 0 Å². The maximum Gasteiger partial charge on any atom is 0.166 e. The molecule has 4 heteroatoms. The average Bonchev–Trinajstić information content (AvgIpc) is 2.85. The van der Waals surface area contributed by atoms with Crippen molar-refractivity contribution in [1.82, 2.24) is 15.0 Å². The quantitative estimate of drug-likeness (QED) is 0.745. The summed E-state index contributed by atoms with van der Waals surface area (Å²) >= 11 is 0. The third-order valence-corrected chi connectivity index (χ3v) is 2.51. The van der Waals surface area contributed by atoms with Crippen LogP contribution >= 0.6 is 0 Å². The molecule has 0 unspecified atom stereocenters. The summed E-state index contributed by atoms with van der Waals surface area (Å²) < 4.78 is 5.63. The van der Waals surface area contributed by atoms with Crippen LogP contribution in [0.15, 0.2) is 48.9 Å². The van der Waals surface area contributed by atoms with Gasteiger partial charge in [0.1, 0.15) is 12.4 Å². The Morgan fingerprint density at radius 1 is 1.12 bits per heavy atom. The Balaban J connectivity index is 1.76. The smallest absolute Gasteiger partial charge is 0.166 e. The lowest BCUT2D eigenvalue weighted by atomic mass is 10.2. The van der Waals surface area contributed by atoms with Crippen LogP contribution in [-0.4, -0.2) is 15.0 Å². The van der Waals surface area contributed by atoms with Gasteiger partial charge < -0.3 is 9.72 Å². The highest BCUT2D eigenvalue weighted by Gasteiger charge is 2.00. The first-order valence-corrected chi connectivity index (χ1v) is 5.38. The van der Waals surface area contributed by atoms with Gasteiger partial charge in [-0.1, -0.05) is 0 Å². The third kappa shape index (κ3) is 2.10. The van der Waals surface area contributed by atoms with E-state index in [1.54, 1.807) is 18.5 Å². The molecule has 3 rings (SSSR count). The van der Waals surface area contributed by atoms with Crippen molar-refractivity contribution in [2.24, 2.45) is 0 Å². The van der Waals surface area contributed by atoms with E-state index in [4.69, 9.17) is 4.74 Å². The van der Waals surface area contributed by atoms with Crippen LogP contribution in [0.3, 0.4) is 0 Å². The Morgan fingerprint density at radius 2 is 2.00 bits per heavy atom. The molecule has 3 aromatic rings. The zero-order valence-corrected chi connectivity index (χ0v) is 9.13. The second-order valence-electron chi connectivity index (χ2n) is 3.68. The van der Waals surface area contributed by atoms with E-state index in [-0.39, 0.29) is 0 Å². The maximum atomic E-state index is 5.63. The van der Waals surface area contributed by atoms with Crippen LogP contribution < -0.4 is 4.74 Å². The van der Waals surface area contributed by atoms with Crippen molar-refractivity contribution in [3.8, 4) is 5.75 Å². The summed E-state index contributed by atoms with van der Waals surface area (Å²) in [5, 5.41) is 1.14. The molecule has 0 spiro atoms. The number of nitrogens with one attached hydrogen (secondary N) is 1. The topological polar surface area (TPSA) is 50.8 Å². The van der Waals surface area contributed by atoms with Crippen molar-refractivity contribution in [1.29, 1.82) is 0 Å². The van der Waals surface area contributed by atoms with Crippen molar-refractivity contribution < 1.29 is 4.74 Å². The first-order chi connectivity index (χ1) is 8.42. The average molecular weight is 225 g/mol. The highest BCUT2D eigenvalue weighted by atomic mass is 16.5. The van der Waals surface area contributed by atoms with Gasteiger partial charge in [-0.2, -0.15) is 0 Å². The van der Waals surface area contributed by atoms with E-state index in [9.17, 15) is 0 Å². The number of ether oxygens (including phenoxy) is 1. The number of aromatic amines is 1. The second kappa shape index (κ2) is 4.25. The number of rotatable bonds is 3. The fourth-order valence-corrected chi connectivity index (χ4v) is 1.67. The molecule has 0 radical (unpaired) electrons. The van der Waals surface area contributed by atoms with Crippen LogP contribution in [0.25, 0.3) is 10.9 Å². The summed E-state index contributed by atoms with van der Waals surface area (Å²) in [5.41, 5.74) is 1.10. The van der Waals surface area contributed by atoms with Gasteiger partial charge in [0, 0.05) is 29.5 Å². The predicted octanol–water partition coefficient (Wildman–Crippen LogP) is 2.54. The SMILES string of the molecule is c1cnc(COc2ccc3[nH]ccc3c2)nc1. The van der Waals surface area contributed by atoms with Gasteiger partial charge in [0.15, 0.2) is 5.82 Å². The molecule has 0 aliphatic rings. The van der Waals surface area contributed by atoms with Gasteiger partial charge in [-0.3, -0.25) is 0 Å². The molecule has 84 valence electrons. The minimum absolute atomic E-state index is 0.386. The number of nitrogens with zero attached hydrogens (tertiary/aromatic N) is 2. The van der Waals surface area contributed by atoms with Crippen LogP contribution in [0.1, 0.15) is 5.82 Å². The summed E-state index contributed by atoms with van der Waals surface area (Å²) in [4.78, 5) is 11.3. The highest BCUT2D eigenvalue weighted by Crippen LogP contribution is 2.20. The molecule has 0 saturated heterocycles. The number of benzene rings is 1. The van der Waals surface area contributed by atoms with Crippen molar-refractivity contribution in [2.75, 3.05) is 0 Å². The predicted molar refractivity (Wildman–Crippen MR) is 64.7 cm³/mol. The molecule has 0 amide bonds. The molecule has 2 heterocycles. The second-order valence-corrected chi connectivity index (χ2v) is 3.68. The lowest BCUT2D eigenvalue weighted by Gasteiger charge is -2.04. The first-order valence-electron chi connectivity index (χ1n) is 5.38. The molecule has 0 fully saturated rings. The summed E-state index contributed by atoms with van der Waals surface area (Å²) in [7, 11) is 0. The zero-order valence-electron chi connectivity index (χ0n) is 9.13. The molecule has 0 saturated carbocycles. The fraction of sp³-hybridized carbons (Fsp3) is 0.0769. The number of hydrogen-bond acceptors (Lipinski definition) is 3. The van der Waals surface area contributed by atoms with E-state index < -0.39 is 0 Å². The minimum atomic E-state index is 0.386. The van der Waals surface area contributed by atoms with E-state index in [2.05, 4.69) is 15.0 Å². The Hall–Kier alpha value is -2.36. The van der Waals surface area contributed by atoms with Gasteiger partial charge in [-0.25, -0.2) is 9.97 Å². The van der Waals surface area contributed by atoms with Crippen LogP contribution in [0.4, 0.5) is 0 Å². The largest absolute Gasteiger partial charge is 0.486 e. The summed E-state index contributed by atoms with van der Waals surface area (Å²) in [5.74, 6) is 1.51. The molecule has 0 aliphatic carbocycles. The number of hydrogen-bond donors (Lipinski definition) is 1. The Kier molecular flexibility index (Phi) is 2.46. The van der Waals surface area contributed by atoms with Crippen molar-refractivity contribution >= 4 is 10.9 Å². The molecule has 2 aromatic heterocycles. The Bertz CT molecular complexity index is 619. The van der Waals surface area contributed by atoms with E-state index in [0.717, 1.165) is 16.7 Å². The zero-order chi connectivity index (χ0) is 11.5. The third-order valence-electron chi connectivity index (χ3n) is 2.51. The van der Waals surface area contributed by atoms with Crippen LogP contribution in [0.2, 0.25) is 0 Å². The molecule has 0 atom stereocenters.